The van der Waals surface area contributed by atoms with E-state index in [9.17, 15) is 17.6 Å². The summed E-state index contributed by atoms with van der Waals surface area (Å²) in [6.45, 7) is 0. The molecular formula is C21H17FN4O3S. The Morgan fingerprint density at radius 3 is 2.40 bits per heavy atom. The van der Waals surface area contributed by atoms with E-state index in [1.165, 1.54) is 24.3 Å². The van der Waals surface area contributed by atoms with Crippen LogP contribution in [0.5, 0.6) is 0 Å². The topological polar surface area (TPSA) is 118 Å². The molecule has 3 aromatic carbocycles. The number of halogens is 1. The molecule has 4 rings (SSSR count). The lowest BCUT2D eigenvalue weighted by Gasteiger charge is -2.06. The number of H-pyrrole nitrogens is 1. The van der Waals surface area contributed by atoms with Gasteiger partial charge >= 0.3 is 0 Å². The SMILES string of the molecule is NS(=O)(=O)c1ccc(CC(=O)Nc2ccc3nc(-c4ccc(F)cc4)[nH]c3c2)cc1. The van der Waals surface area contributed by atoms with Crippen molar-refractivity contribution in [2.24, 2.45) is 5.14 Å². The molecule has 1 heterocycles. The molecule has 0 saturated carbocycles. The van der Waals surface area contributed by atoms with Crippen molar-refractivity contribution in [1.29, 1.82) is 0 Å². The van der Waals surface area contributed by atoms with Gasteiger partial charge in [0.05, 0.1) is 22.3 Å². The number of carbonyl (C=O) groups is 1. The van der Waals surface area contributed by atoms with Gasteiger partial charge in [-0.15, -0.1) is 0 Å². The normalized spacial score (nSPS) is 11.5. The Kier molecular flexibility index (Phi) is 5.06. The summed E-state index contributed by atoms with van der Waals surface area (Å²) in [5.74, 6) is 0.0264. The Balaban J connectivity index is 1.48. The third kappa shape index (κ3) is 4.37. The summed E-state index contributed by atoms with van der Waals surface area (Å²) in [7, 11) is -3.77. The van der Waals surface area contributed by atoms with Crippen LogP contribution in [0.4, 0.5) is 10.1 Å². The molecule has 0 aliphatic rings. The molecule has 7 nitrogen and oxygen atoms in total. The van der Waals surface area contributed by atoms with E-state index in [2.05, 4.69) is 15.3 Å². The number of hydrogen-bond donors (Lipinski definition) is 3. The van der Waals surface area contributed by atoms with Crippen LogP contribution in [0, 0.1) is 5.82 Å². The summed E-state index contributed by atoms with van der Waals surface area (Å²) in [6, 6.07) is 17.1. The van der Waals surface area contributed by atoms with E-state index in [-0.39, 0.29) is 23.0 Å². The first-order chi connectivity index (χ1) is 14.3. The number of amides is 1. The van der Waals surface area contributed by atoms with Gasteiger partial charge in [0.2, 0.25) is 15.9 Å². The van der Waals surface area contributed by atoms with E-state index < -0.39 is 10.0 Å². The van der Waals surface area contributed by atoms with Crippen molar-refractivity contribution >= 4 is 32.7 Å². The molecule has 0 saturated heterocycles. The van der Waals surface area contributed by atoms with Crippen molar-refractivity contribution < 1.29 is 17.6 Å². The zero-order valence-electron chi connectivity index (χ0n) is 15.6. The van der Waals surface area contributed by atoms with Crippen LogP contribution in [0.1, 0.15) is 5.56 Å². The van der Waals surface area contributed by atoms with E-state index in [4.69, 9.17) is 5.14 Å². The highest BCUT2D eigenvalue weighted by Gasteiger charge is 2.10. The average Bonchev–Trinajstić information content (AvgIpc) is 3.11. The lowest BCUT2D eigenvalue weighted by molar-refractivity contribution is -0.115. The second-order valence-electron chi connectivity index (χ2n) is 6.74. The molecule has 0 unspecified atom stereocenters. The number of fused-ring (bicyclic) bond motifs is 1. The van der Waals surface area contributed by atoms with Crippen LogP contribution in [0.15, 0.2) is 71.6 Å². The Labute approximate surface area is 171 Å². The van der Waals surface area contributed by atoms with Crippen LogP contribution in [0.25, 0.3) is 22.4 Å². The van der Waals surface area contributed by atoms with E-state index in [1.54, 1.807) is 42.5 Å². The number of nitrogens with two attached hydrogens (primary N) is 1. The quantitative estimate of drug-likeness (QED) is 0.456. The molecule has 0 bridgehead atoms. The second-order valence-corrected chi connectivity index (χ2v) is 8.30. The van der Waals surface area contributed by atoms with Crippen molar-refractivity contribution in [2.45, 2.75) is 11.3 Å². The summed E-state index contributed by atoms with van der Waals surface area (Å²) in [5.41, 5.74) is 3.43. The fourth-order valence-corrected chi connectivity index (χ4v) is 3.53. The maximum absolute atomic E-state index is 13.1. The molecule has 0 radical (unpaired) electrons. The molecule has 152 valence electrons. The van der Waals surface area contributed by atoms with Gasteiger partial charge in [0.1, 0.15) is 11.6 Å². The molecule has 0 atom stereocenters. The Morgan fingerprint density at radius 2 is 1.73 bits per heavy atom. The minimum atomic E-state index is -3.77. The van der Waals surface area contributed by atoms with E-state index in [1.807, 2.05) is 0 Å². The number of carbonyl (C=O) groups excluding carboxylic acids is 1. The monoisotopic (exact) mass is 424 g/mol. The summed E-state index contributed by atoms with van der Waals surface area (Å²) < 4.78 is 35.7. The number of aromatic nitrogens is 2. The minimum Gasteiger partial charge on any atom is -0.338 e. The lowest BCUT2D eigenvalue weighted by Crippen LogP contribution is -2.15. The molecule has 1 amide bonds. The number of benzene rings is 3. The van der Waals surface area contributed by atoms with Crippen LogP contribution < -0.4 is 10.5 Å². The summed E-state index contributed by atoms with van der Waals surface area (Å²) in [4.78, 5) is 20.0. The van der Waals surface area contributed by atoms with Crippen molar-refractivity contribution in [1.82, 2.24) is 9.97 Å². The maximum atomic E-state index is 13.1. The van der Waals surface area contributed by atoms with Crippen molar-refractivity contribution in [2.75, 3.05) is 5.32 Å². The number of nitrogens with zero attached hydrogens (tertiary/aromatic N) is 1. The molecule has 30 heavy (non-hydrogen) atoms. The van der Waals surface area contributed by atoms with Gasteiger partial charge in [-0.2, -0.15) is 0 Å². The van der Waals surface area contributed by atoms with E-state index in [0.29, 0.717) is 22.6 Å². The van der Waals surface area contributed by atoms with Crippen molar-refractivity contribution in [3.63, 3.8) is 0 Å². The van der Waals surface area contributed by atoms with Crippen LogP contribution in [-0.4, -0.2) is 24.3 Å². The van der Waals surface area contributed by atoms with Gasteiger partial charge in [0.25, 0.3) is 0 Å². The molecule has 0 aliphatic carbocycles. The number of aromatic amines is 1. The minimum absolute atomic E-state index is 0.00619. The zero-order chi connectivity index (χ0) is 21.3. The van der Waals surface area contributed by atoms with Crippen LogP contribution in [0.3, 0.4) is 0 Å². The number of anilines is 1. The highest BCUT2D eigenvalue weighted by atomic mass is 32.2. The number of sulfonamides is 1. The first kappa shape index (κ1) is 19.7. The molecule has 4 N–H and O–H groups in total. The molecule has 4 aromatic rings. The van der Waals surface area contributed by atoms with Gasteiger partial charge in [0.15, 0.2) is 0 Å². The van der Waals surface area contributed by atoms with Crippen LogP contribution >= 0.6 is 0 Å². The van der Waals surface area contributed by atoms with Crippen LogP contribution in [-0.2, 0) is 21.2 Å². The zero-order valence-corrected chi connectivity index (χ0v) is 16.4. The van der Waals surface area contributed by atoms with Gasteiger partial charge in [0, 0.05) is 11.3 Å². The average molecular weight is 424 g/mol. The second kappa shape index (κ2) is 7.69. The molecule has 0 aliphatic heterocycles. The standard InChI is InChI=1S/C21H17FN4O3S/c22-15-5-3-14(4-6-15)21-25-18-10-7-16(12-19(18)26-21)24-20(27)11-13-1-8-17(9-2-13)30(23,28)29/h1-10,12H,11H2,(H,24,27)(H,25,26)(H2,23,28,29). The summed E-state index contributed by atoms with van der Waals surface area (Å²) >= 11 is 0. The van der Waals surface area contributed by atoms with E-state index in [0.717, 1.165) is 11.1 Å². The van der Waals surface area contributed by atoms with Crippen molar-refractivity contribution in [3.05, 3.63) is 78.1 Å². The predicted molar refractivity (Wildman–Crippen MR) is 112 cm³/mol. The largest absolute Gasteiger partial charge is 0.338 e. The molecular weight excluding hydrogens is 407 g/mol. The number of nitrogens with one attached hydrogen (secondary N) is 2. The number of imidazole rings is 1. The van der Waals surface area contributed by atoms with E-state index >= 15 is 0 Å². The summed E-state index contributed by atoms with van der Waals surface area (Å²) in [5, 5.41) is 7.87. The first-order valence-corrected chi connectivity index (χ1v) is 10.5. The van der Waals surface area contributed by atoms with Gasteiger partial charge in [-0.1, -0.05) is 12.1 Å². The van der Waals surface area contributed by atoms with Gasteiger partial charge in [-0.25, -0.2) is 22.9 Å². The molecule has 0 spiro atoms. The lowest BCUT2D eigenvalue weighted by atomic mass is 10.1. The Morgan fingerprint density at radius 1 is 1.03 bits per heavy atom. The first-order valence-electron chi connectivity index (χ1n) is 8.95. The number of primary sulfonamides is 1. The third-order valence-electron chi connectivity index (χ3n) is 4.50. The predicted octanol–water partition coefficient (Wildman–Crippen LogP) is 3.20. The maximum Gasteiger partial charge on any atom is 0.238 e. The third-order valence-corrected chi connectivity index (χ3v) is 5.43. The molecule has 9 heteroatoms. The number of rotatable bonds is 5. The smallest absolute Gasteiger partial charge is 0.238 e. The molecule has 0 fully saturated rings. The van der Waals surface area contributed by atoms with Gasteiger partial charge < -0.3 is 10.3 Å². The molecule has 1 aromatic heterocycles. The van der Waals surface area contributed by atoms with Gasteiger partial charge in [-0.05, 0) is 60.2 Å². The van der Waals surface area contributed by atoms with Gasteiger partial charge in [-0.3, -0.25) is 4.79 Å². The highest BCUT2D eigenvalue weighted by molar-refractivity contribution is 7.89. The Bertz CT molecular complexity index is 1330. The number of hydrogen-bond acceptors (Lipinski definition) is 4. The fourth-order valence-electron chi connectivity index (χ4n) is 3.02. The van der Waals surface area contributed by atoms with Crippen LogP contribution in [0.2, 0.25) is 0 Å². The fraction of sp³-hybridized carbons (Fsp3) is 0.0476. The Hall–Kier alpha value is -3.56. The summed E-state index contributed by atoms with van der Waals surface area (Å²) in [6.07, 6.45) is 0.0761. The van der Waals surface area contributed by atoms with Crippen molar-refractivity contribution in [3.8, 4) is 11.4 Å². The highest BCUT2D eigenvalue weighted by Crippen LogP contribution is 2.23.